The number of benzene rings is 2. The Morgan fingerprint density at radius 1 is 1.11 bits per heavy atom. The van der Waals surface area contributed by atoms with Crippen molar-refractivity contribution in [1.82, 2.24) is 0 Å². The molecule has 0 aromatic heterocycles. The predicted octanol–water partition coefficient (Wildman–Crippen LogP) is 5.05. The molecule has 0 aliphatic rings. The van der Waals surface area contributed by atoms with Crippen LogP contribution in [0.3, 0.4) is 0 Å². The van der Waals surface area contributed by atoms with E-state index in [-0.39, 0.29) is 6.04 Å². The molecule has 0 aliphatic carbocycles. The van der Waals surface area contributed by atoms with Gasteiger partial charge in [-0.15, -0.1) is 0 Å². The van der Waals surface area contributed by atoms with Gasteiger partial charge >= 0.3 is 0 Å². The van der Waals surface area contributed by atoms with Crippen molar-refractivity contribution in [2.45, 2.75) is 19.9 Å². The summed E-state index contributed by atoms with van der Waals surface area (Å²) in [5, 5.41) is 3.25. The SMILES string of the molecule is Cc1cc(I)ccc1NC(C)c1ccc(F)cc1F. The molecule has 4 heteroatoms. The van der Waals surface area contributed by atoms with Gasteiger partial charge in [-0.25, -0.2) is 8.78 Å². The lowest BCUT2D eigenvalue weighted by Crippen LogP contribution is -2.09. The third-order valence-corrected chi connectivity index (χ3v) is 3.66. The van der Waals surface area contributed by atoms with E-state index in [1.807, 2.05) is 26.0 Å². The van der Waals surface area contributed by atoms with Gasteiger partial charge in [0.15, 0.2) is 0 Å². The van der Waals surface area contributed by atoms with Crippen molar-refractivity contribution in [2.75, 3.05) is 5.32 Å². The highest BCUT2D eigenvalue weighted by Crippen LogP contribution is 2.25. The number of anilines is 1. The van der Waals surface area contributed by atoms with Crippen LogP contribution in [0, 0.1) is 22.1 Å². The highest BCUT2D eigenvalue weighted by atomic mass is 127. The van der Waals surface area contributed by atoms with Crippen LogP contribution < -0.4 is 5.32 Å². The third kappa shape index (κ3) is 3.43. The maximum Gasteiger partial charge on any atom is 0.131 e. The summed E-state index contributed by atoms with van der Waals surface area (Å²) in [7, 11) is 0. The first-order chi connectivity index (χ1) is 8.97. The van der Waals surface area contributed by atoms with Gasteiger partial charge in [0.2, 0.25) is 0 Å². The number of hydrogen-bond acceptors (Lipinski definition) is 1. The van der Waals surface area contributed by atoms with E-state index in [0.29, 0.717) is 5.56 Å². The molecule has 0 bridgehead atoms. The molecule has 1 N–H and O–H groups in total. The summed E-state index contributed by atoms with van der Waals surface area (Å²) in [6.45, 7) is 3.85. The number of halogens is 3. The van der Waals surface area contributed by atoms with Crippen LogP contribution >= 0.6 is 22.6 Å². The predicted molar refractivity (Wildman–Crippen MR) is 82.3 cm³/mol. The fourth-order valence-corrected chi connectivity index (χ4v) is 2.60. The van der Waals surface area contributed by atoms with Gasteiger partial charge in [-0.2, -0.15) is 0 Å². The summed E-state index contributed by atoms with van der Waals surface area (Å²) in [6.07, 6.45) is 0. The van der Waals surface area contributed by atoms with E-state index in [4.69, 9.17) is 0 Å². The van der Waals surface area contributed by atoms with Crippen LogP contribution in [0.5, 0.6) is 0 Å². The average Bonchev–Trinajstić information content (AvgIpc) is 2.32. The Labute approximate surface area is 125 Å². The number of aryl methyl sites for hydroxylation is 1. The van der Waals surface area contributed by atoms with Gasteiger partial charge in [-0.1, -0.05) is 6.07 Å². The molecule has 0 saturated carbocycles. The van der Waals surface area contributed by atoms with Crippen molar-refractivity contribution in [3.05, 3.63) is 62.7 Å². The Hall–Kier alpha value is -1.17. The molecule has 0 aliphatic heterocycles. The first-order valence-electron chi connectivity index (χ1n) is 5.95. The maximum atomic E-state index is 13.7. The molecule has 100 valence electrons. The van der Waals surface area contributed by atoms with Crippen molar-refractivity contribution in [1.29, 1.82) is 0 Å². The van der Waals surface area contributed by atoms with Crippen LogP contribution in [-0.4, -0.2) is 0 Å². The lowest BCUT2D eigenvalue weighted by atomic mass is 10.1. The Morgan fingerprint density at radius 2 is 1.84 bits per heavy atom. The minimum Gasteiger partial charge on any atom is -0.378 e. The minimum absolute atomic E-state index is 0.223. The molecular weight excluding hydrogens is 359 g/mol. The van der Waals surface area contributed by atoms with Gasteiger partial charge in [0.25, 0.3) is 0 Å². The molecule has 2 aromatic rings. The number of hydrogen-bond donors (Lipinski definition) is 1. The van der Waals surface area contributed by atoms with Gasteiger partial charge in [-0.05, 0) is 66.3 Å². The lowest BCUT2D eigenvalue weighted by molar-refractivity contribution is 0.566. The molecule has 0 heterocycles. The van der Waals surface area contributed by atoms with Gasteiger partial charge in [-0.3, -0.25) is 0 Å². The van der Waals surface area contributed by atoms with Crippen molar-refractivity contribution < 1.29 is 8.78 Å². The van der Waals surface area contributed by atoms with E-state index in [2.05, 4.69) is 34.0 Å². The second-order valence-corrected chi connectivity index (χ2v) is 5.74. The summed E-state index contributed by atoms with van der Waals surface area (Å²) in [6, 6.07) is 9.45. The highest BCUT2D eigenvalue weighted by molar-refractivity contribution is 14.1. The minimum atomic E-state index is -0.557. The second-order valence-electron chi connectivity index (χ2n) is 4.49. The second kappa shape index (κ2) is 5.86. The van der Waals surface area contributed by atoms with Crippen molar-refractivity contribution >= 4 is 28.3 Å². The van der Waals surface area contributed by atoms with Crippen LogP contribution in [0.1, 0.15) is 24.1 Å². The monoisotopic (exact) mass is 373 g/mol. The lowest BCUT2D eigenvalue weighted by Gasteiger charge is -2.18. The molecule has 0 fully saturated rings. The molecular formula is C15H14F2IN. The normalized spacial score (nSPS) is 12.3. The zero-order valence-electron chi connectivity index (χ0n) is 10.7. The summed E-state index contributed by atoms with van der Waals surface area (Å²) >= 11 is 2.25. The van der Waals surface area contributed by atoms with E-state index < -0.39 is 11.6 Å². The van der Waals surface area contributed by atoms with Gasteiger partial charge < -0.3 is 5.32 Å². The van der Waals surface area contributed by atoms with Crippen LogP contribution in [0.2, 0.25) is 0 Å². The van der Waals surface area contributed by atoms with E-state index in [9.17, 15) is 8.78 Å². The molecule has 0 spiro atoms. The molecule has 1 unspecified atom stereocenters. The third-order valence-electron chi connectivity index (χ3n) is 2.99. The van der Waals surface area contributed by atoms with Crippen LogP contribution in [0.4, 0.5) is 14.5 Å². The number of rotatable bonds is 3. The van der Waals surface area contributed by atoms with E-state index in [0.717, 1.165) is 20.9 Å². The smallest absolute Gasteiger partial charge is 0.131 e. The standard InChI is InChI=1S/C15H14F2IN/c1-9-7-12(18)4-6-15(9)19-10(2)13-5-3-11(16)8-14(13)17/h3-8,10,19H,1-2H3. The fraction of sp³-hybridized carbons (Fsp3) is 0.200. The van der Waals surface area contributed by atoms with Crippen LogP contribution in [0.15, 0.2) is 36.4 Å². The average molecular weight is 373 g/mol. The molecule has 0 saturated heterocycles. The Bertz CT molecular complexity index is 599. The van der Waals surface area contributed by atoms with Gasteiger partial charge in [0.05, 0.1) is 6.04 Å². The quantitative estimate of drug-likeness (QED) is 0.743. The Morgan fingerprint density at radius 3 is 2.47 bits per heavy atom. The Kier molecular flexibility index (Phi) is 4.39. The zero-order valence-corrected chi connectivity index (χ0v) is 12.8. The molecule has 0 radical (unpaired) electrons. The molecule has 0 amide bonds. The highest BCUT2D eigenvalue weighted by Gasteiger charge is 2.12. The van der Waals surface area contributed by atoms with Gasteiger partial charge in [0.1, 0.15) is 11.6 Å². The fourth-order valence-electron chi connectivity index (χ4n) is 1.95. The van der Waals surface area contributed by atoms with Gasteiger partial charge in [0, 0.05) is 20.9 Å². The van der Waals surface area contributed by atoms with Crippen LogP contribution in [0.25, 0.3) is 0 Å². The maximum absolute atomic E-state index is 13.7. The van der Waals surface area contributed by atoms with Crippen molar-refractivity contribution in [2.24, 2.45) is 0 Å². The first kappa shape index (κ1) is 14.2. The van der Waals surface area contributed by atoms with Crippen LogP contribution in [-0.2, 0) is 0 Å². The topological polar surface area (TPSA) is 12.0 Å². The summed E-state index contributed by atoms with van der Waals surface area (Å²) in [5.74, 6) is -1.08. The van der Waals surface area contributed by atoms with E-state index in [1.165, 1.54) is 12.1 Å². The Balaban J connectivity index is 2.23. The molecule has 19 heavy (non-hydrogen) atoms. The number of nitrogens with one attached hydrogen (secondary N) is 1. The summed E-state index contributed by atoms with van der Waals surface area (Å²) in [4.78, 5) is 0. The van der Waals surface area contributed by atoms with Crippen molar-refractivity contribution in [3.63, 3.8) is 0 Å². The zero-order chi connectivity index (χ0) is 14.0. The van der Waals surface area contributed by atoms with Crippen molar-refractivity contribution in [3.8, 4) is 0 Å². The molecule has 1 atom stereocenters. The largest absolute Gasteiger partial charge is 0.378 e. The molecule has 1 nitrogen and oxygen atoms in total. The van der Waals surface area contributed by atoms with E-state index in [1.54, 1.807) is 0 Å². The van der Waals surface area contributed by atoms with E-state index >= 15 is 0 Å². The summed E-state index contributed by atoms with van der Waals surface area (Å²) in [5.41, 5.74) is 2.51. The molecule has 2 rings (SSSR count). The first-order valence-corrected chi connectivity index (χ1v) is 7.03. The molecule has 2 aromatic carbocycles. The summed E-state index contributed by atoms with van der Waals surface area (Å²) < 4.78 is 27.7.